The van der Waals surface area contributed by atoms with Gasteiger partial charge < -0.3 is 15.6 Å². The smallest absolute Gasteiger partial charge is 0.323 e. The Morgan fingerprint density at radius 2 is 2.18 bits per heavy atom. The van der Waals surface area contributed by atoms with Gasteiger partial charge in [0.2, 0.25) is 5.91 Å². The predicted molar refractivity (Wildman–Crippen MR) is 56.1 cm³/mol. The Morgan fingerprint density at radius 1 is 1.53 bits per heavy atom. The summed E-state index contributed by atoms with van der Waals surface area (Å²) in [5.74, 6) is -1.69. The van der Waals surface area contributed by atoms with Crippen LogP contribution in [0.4, 0.5) is 4.79 Å². The number of imide groups is 1. The molecule has 1 aliphatic rings. The predicted octanol–water partition coefficient (Wildman–Crippen LogP) is -1.64. The number of carboxylic acids is 1. The molecule has 96 valence electrons. The van der Waals surface area contributed by atoms with E-state index in [1.807, 2.05) is 5.32 Å². The third-order valence-electron chi connectivity index (χ3n) is 2.58. The van der Waals surface area contributed by atoms with E-state index < -0.39 is 30.0 Å². The Balaban J connectivity index is 2.70. The molecule has 1 rings (SSSR count). The number of amides is 3. The second-order valence-electron chi connectivity index (χ2n) is 3.70. The maximum atomic E-state index is 11.5. The number of carbonyl (C=O) groups excluding carboxylic acids is 2. The van der Waals surface area contributed by atoms with Crippen molar-refractivity contribution in [1.29, 1.82) is 0 Å². The summed E-state index contributed by atoms with van der Waals surface area (Å²) in [6.45, 7) is 2.19. The van der Waals surface area contributed by atoms with Gasteiger partial charge >= 0.3 is 12.0 Å². The summed E-state index contributed by atoms with van der Waals surface area (Å²) < 4.78 is 5.04. The van der Waals surface area contributed by atoms with Crippen LogP contribution >= 0.6 is 0 Å². The molecule has 0 spiro atoms. The van der Waals surface area contributed by atoms with Crippen LogP contribution in [0.15, 0.2) is 0 Å². The Bertz CT molecular complexity index is 333. The highest BCUT2D eigenvalue weighted by molar-refractivity contribution is 5.96. The molecule has 4 N–H and O–H groups in total. The quantitative estimate of drug-likeness (QED) is 0.548. The van der Waals surface area contributed by atoms with Crippen molar-refractivity contribution < 1.29 is 24.2 Å². The first-order valence-corrected chi connectivity index (χ1v) is 5.10. The molecule has 1 fully saturated rings. The van der Waals surface area contributed by atoms with Gasteiger partial charge in [-0.05, 0) is 6.92 Å². The lowest BCUT2D eigenvalue weighted by Crippen LogP contribution is -2.58. The van der Waals surface area contributed by atoms with Crippen LogP contribution in [-0.2, 0) is 14.3 Å². The number of hydrogen-bond acceptors (Lipinski definition) is 5. The maximum absolute atomic E-state index is 11.5. The number of carbonyl (C=O) groups is 3. The SMILES string of the molecule is CC(C(=O)NC(N)=O)N1CCOCC1C(=O)O. The van der Waals surface area contributed by atoms with Gasteiger partial charge in [0.25, 0.3) is 0 Å². The third-order valence-corrected chi connectivity index (χ3v) is 2.58. The lowest BCUT2D eigenvalue weighted by molar-refractivity contribution is -0.152. The second-order valence-corrected chi connectivity index (χ2v) is 3.70. The van der Waals surface area contributed by atoms with Gasteiger partial charge in [-0.15, -0.1) is 0 Å². The summed E-state index contributed by atoms with van der Waals surface area (Å²) in [7, 11) is 0. The summed E-state index contributed by atoms with van der Waals surface area (Å²) >= 11 is 0. The van der Waals surface area contributed by atoms with Crippen molar-refractivity contribution in [1.82, 2.24) is 10.2 Å². The highest BCUT2D eigenvalue weighted by Gasteiger charge is 2.35. The van der Waals surface area contributed by atoms with Crippen LogP contribution in [0.25, 0.3) is 0 Å². The molecule has 8 heteroatoms. The van der Waals surface area contributed by atoms with Crippen LogP contribution in [0.2, 0.25) is 0 Å². The molecular weight excluding hydrogens is 230 g/mol. The number of nitrogens with one attached hydrogen (secondary N) is 1. The van der Waals surface area contributed by atoms with E-state index in [0.29, 0.717) is 13.2 Å². The molecule has 1 heterocycles. The molecule has 0 aromatic heterocycles. The zero-order valence-corrected chi connectivity index (χ0v) is 9.38. The average Bonchev–Trinajstić information content (AvgIpc) is 2.27. The van der Waals surface area contributed by atoms with Crippen molar-refractivity contribution in [3.05, 3.63) is 0 Å². The third kappa shape index (κ3) is 3.40. The van der Waals surface area contributed by atoms with Crippen molar-refractivity contribution in [2.24, 2.45) is 5.73 Å². The van der Waals surface area contributed by atoms with Gasteiger partial charge in [0.05, 0.1) is 19.3 Å². The Hall–Kier alpha value is -1.67. The first kappa shape index (κ1) is 13.4. The minimum atomic E-state index is -1.07. The number of urea groups is 1. The fraction of sp³-hybridized carbons (Fsp3) is 0.667. The van der Waals surface area contributed by atoms with E-state index in [1.165, 1.54) is 11.8 Å². The van der Waals surface area contributed by atoms with Crippen LogP contribution < -0.4 is 11.1 Å². The van der Waals surface area contributed by atoms with Crippen LogP contribution in [0.1, 0.15) is 6.92 Å². The fourth-order valence-corrected chi connectivity index (χ4v) is 1.67. The molecule has 0 aromatic rings. The van der Waals surface area contributed by atoms with Crippen molar-refractivity contribution in [3.63, 3.8) is 0 Å². The second kappa shape index (κ2) is 5.60. The molecule has 17 heavy (non-hydrogen) atoms. The number of ether oxygens (including phenoxy) is 1. The van der Waals surface area contributed by atoms with Crippen LogP contribution in [0.5, 0.6) is 0 Å². The molecule has 0 radical (unpaired) electrons. The van der Waals surface area contributed by atoms with Crippen LogP contribution in [0.3, 0.4) is 0 Å². The van der Waals surface area contributed by atoms with Crippen molar-refractivity contribution >= 4 is 17.9 Å². The Morgan fingerprint density at radius 3 is 2.71 bits per heavy atom. The summed E-state index contributed by atoms with van der Waals surface area (Å²) in [6.07, 6.45) is 0. The molecule has 0 aromatic carbocycles. The minimum absolute atomic E-state index is 0.0174. The molecule has 8 nitrogen and oxygen atoms in total. The zero-order valence-electron chi connectivity index (χ0n) is 9.38. The Labute approximate surface area is 97.7 Å². The molecule has 1 aliphatic heterocycles. The van der Waals surface area contributed by atoms with E-state index in [4.69, 9.17) is 15.6 Å². The van der Waals surface area contributed by atoms with Gasteiger partial charge in [-0.2, -0.15) is 0 Å². The maximum Gasteiger partial charge on any atom is 0.323 e. The first-order valence-electron chi connectivity index (χ1n) is 5.10. The number of nitrogens with zero attached hydrogens (tertiary/aromatic N) is 1. The van der Waals surface area contributed by atoms with E-state index in [9.17, 15) is 14.4 Å². The number of morpholine rings is 1. The highest BCUT2D eigenvalue weighted by atomic mass is 16.5. The zero-order chi connectivity index (χ0) is 13.0. The number of nitrogens with two attached hydrogens (primary N) is 1. The lowest BCUT2D eigenvalue weighted by atomic mass is 10.1. The standard InChI is InChI=1S/C9H15N3O5/c1-5(7(13)11-9(10)16)12-2-3-17-4-6(12)8(14)15/h5-6H,2-4H2,1H3,(H,14,15)(H3,10,11,13,16). The molecular formula is C9H15N3O5. The molecule has 2 atom stereocenters. The van der Waals surface area contributed by atoms with E-state index in [2.05, 4.69) is 0 Å². The fourth-order valence-electron chi connectivity index (χ4n) is 1.67. The molecule has 0 saturated carbocycles. The van der Waals surface area contributed by atoms with Crippen LogP contribution in [-0.4, -0.2) is 59.8 Å². The highest BCUT2D eigenvalue weighted by Crippen LogP contribution is 2.11. The van der Waals surface area contributed by atoms with Gasteiger partial charge in [-0.3, -0.25) is 19.8 Å². The average molecular weight is 245 g/mol. The largest absolute Gasteiger partial charge is 0.480 e. The Kier molecular flexibility index (Phi) is 4.41. The van der Waals surface area contributed by atoms with E-state index in [-0.39, 0.29) is 6.61 Å². The number of rotatable bonds is 3. The van der Waals surface area contributed by atoms with Crippen LogP contribution in [0, 0.1) is 0 Å². The molecule has 2 unspecified atom stereocenters. The van der Waals surface area contributed by atoms with Crippen molar-refractivity contribution in [2.45, 2.75) is 19.0 Å². The van der Waals surface area contributed by atoms with E-state index in [0.717, 1.165) is 0 Å². The van der Waals surface area contributed by atoms with Gasteiger partial charge in [0.1, 0.15) is 6.04 Å². The summed E-state index contributed by atoms with van der Waals surface area (Å²) in [6, 6.07) is -2.60. The van der Waals surface area contributed by atoms with E-state index in [1.54, 1.807) is 0 Å². The van der Waals surface area contributed by atoms with Crippen molar-refractivity contribution in [3.8, 4) is 0 Å². The van der Waals surface area contributed by atoms with Gasteiger partial charge in [-0.1, -0.05) is 0 Å². The summed E-state index contributed by atoms with van der Waals surface area (Å²) in [4.78, 5) is 34.5. The number of primary amides is 1. The minimum Gasteiger partial charge on any atom is -0.480 e. The monoisotopic (exact) mass is 245 g/mol. The number of hydrogen-bond donors (Lipinski definition) is 3. The summed E-state index contributed by atoms with van der Waals surface area (Å²) in [5, 5.41) is 10.9. The van der Waals surface area contributed by atoms with Gasteiger partial charge in [-0.25, -0.2) is 4.79 Å². The van der Waals surface area contributed by atoms with Crippen molar-refractivity contribution in [2.75, 3.05) is 19.8 Å². The van der Waals surface area contributed by atoms with Gasteiger partial charge in [0, 0.05) is 6.54 Å². The summed E-state index contributed by atoms with van der Waals surface area (Å²) in [5.41, 5.74) is 4.82. The molecule has 1 saturated heterocycles. The molecule has 0 aliphatic carbocycles. The topological polar surface area (TPSA) is 122 Å². The molecule has 3 amide bonds. The number of carboxylic acid groups (broad SMARTS) is 1. The van der Waals surface area contributed by atoms with Gasteiger partial charge in [0.15, 0.2) is 0 Å². The lowest BCUT2D eigenvalue weighted by Gasteiger charge is -2.36. The molecule has 0 bridgehead atoms. The normalized spacial score (nSPS) is 22.8. The van der Waals surface area contributed by atoms with E-state index >= 15 is 0 Å². The number of aliphatic carboxylic acids is 1. The first-order chi connectivity index (χ1) is 7.93.